The van der Waals surface area contributed by atoms with E-state index >= 15 is 0 Å². The highest BCUT2D eigenvalue weighted by molar-refractivity contribution is 7.98. The standard InChI is InChI=1S/C19H27N7S2/c1-2-3-11-25-18(21-23-24-25)14-28-19-22-20-17(13-16-10-7-12-27-16)26(19)15-8-5-4-6-9-15/h7,10,12,15H,2-6,8-9,11,13-14H2,1H3. The van der Waals surface area contributed by atoms with E-state index in [1.54, 1.807) is 23.1 Å². The molecule has 28 heavy (non-hydrogen) atoms. The predicted molar refractivity (Wildman–Crippen MR) is 112 cm³/mol. The molecule has 3 heterocycles. The molecule has 0 radical (unpaired) electrons. The van der Waals surface area contributed by atoms with Gasteiger partial charge >= 0.3 is 0 Å². The smallest absolute Gasteiger partial charge is 0.191 e. The second kappa shape index (κ2) is 9.65. The summed E-state index contributed by atoms with van der Waals surface area (Å²) in [4.78, 5) is 1.34. The Morgan fingerprint density at radius 1 is 1.14 bits per heavy atom. The zero-order chi connectivity index (χ0) is 19.2. The van der Waals surface area contributed by atoms with Crippen molar-refractivity contribution in [2.45, 2.75) is 81.8 Å². The van der Waals surface area contributed by atoms with Gasteiger partial charge in [-0.05, 0) is 41.1 Å². The first kappa shape index (κ1) is 19.6. The van der Waals surface area contributed by atoms with Gasteiger partial charge in [0, 0.05) is 23.9 Å². The van der Waals surface area contributed by atoms with Gasteiger partial charge in [0.1, 0.15) is 5.82 Å². The molecule has 0 saturated heterocycles. The number of thiophene rings is 1. The highest BCUT2D eigenvalue weighted by Gasteiger charge is 2.23. The Hall–Kier alpha value is -1.74. The molecule has 0 atom stereocenters. The summed E-state index contributed by atoms with van der Waals surface area (Å²) >= 11 is 3.49. The molecule has 1 aliphatic carbocycles. The normalized spacial score (nSPS) is 15.3. The molecule has 0 amide bonds. The fraction of sp³-hybridized carbons (Fsp3) is 0.632. The van der Waals surface area contributed by atoms with Crippen LogP contribution in [-0.4, -0.2) is 35.0 Å². The van der Waals surface area contributed by atoms with Crippen LogP contribution in [0.1, 0.15) is 74.4 Å². The van der Waals surface area contributed by atoms with Crippen LogP contribution >= 0.6 is 23.1 Å². The third-order valence-corrected chi connectivity index (χ3v) is 7.06. The van der Waals surface area contributed by atoms with E-state index in [0.29, 0.717) is 6.04 Å². The third kappa shape index (κ3) is 4.63. The molecule has 150 valence electrons. The molecule has 7 nitrogen and oxygen atoms in total. The lowest BCUT2D eigenvalue weighted by atomic mass is 9.95. The highest BCUT2D eigenvalue weighted by Crippen LogP contribution is 2.34. The van der Waals surface area contributed by atoms with E-state index in [0.717, 1.165) is 48.4 Å². The second-order valence-corrected chi connectivity index (χ2v) is 9.25. The Balaban J connectivity index is 1.52. The van der Waals surface area contributed by atoms with Gasteiger partial charge in [-0.2, -0.15) is 0 Å². The van der Waals surface area contributed by atoms with Gasteiger partial charge < -0.3 is 4.57 Å². The lowest BCUT2D eigenvalue weighted by Crippen LogP contribution is -2.17. The zero-order valence-electron chi connectivity index (χ0n) is 16.3. The molecule has 0 spiro atoms. The Morgan fingerprint density at radius 2 is 2.04 bits per heavy atom. The van der Waals surface area contributed by atoms with Gasteiger partial charge in [-0.25, -0.2) is 4.68 Å². The molecule has 0 unspecified atom stereocenters. The Labute approximate surface area is 173 Å². The molecular formula is C19H27N7S2. The van der Waals surface area contributed by atoms with Crippen LogP contribution in [0, 0.1) is 0 Å². The number of rotatable bonds is 9. The summed E-state index contributed by atoms with van der Waals surface area (Å²) in [7, 11) is 0. The molecule has 3 aromatic rings. The number of aryl methyl sites for hydroxylation is 1. The summed E-state index contributed by atoms with van der Waals surface area (Å²) in [5.41, 5.74) is 0. The summed E-state index contributed by atoms with van der Waals surface area (Å²) in [6, 6.07) is 4.80. The number of hydrogen-bond acceptors (Lipinski definition) is 7. The summed E-state index contributed by atoms with van der Waals surface area (Å²) < 4.78 is 4.33. The van der Waals surface area contributed by atoms with Crippen LogP contribution in [0.4, 0.5) is 0 Å². The molecule has 0 N–H and O–H groups in total. The van der Waals surface area contributed by atoms with Crippen molar-refractivity contribution in [2.75, 3.05) is 0 Å². The largest absolute Gasteiger partial charge is 0.303 e. The number of aromatic nitrogens is 7. The zero-order valence-corrected chi connectivity index (χ0v) is 18.0. The van der Waals surface area contributed by atoms with Gasteiger partial charge in [0.2, 0.25) is 0 Å². The number of nitrogens with zero attached hydrogens (tertiary/aromatic N) is 7. The van der Waals surface area contributed by atoms with E-state index in [9.17, 15) is 0 Å². The molecule has 1 aliphatic rings. The Morgan fingerprint density at radius 3 is 2.82 bits per heavy atom. The lowest BCUT2D eigenvalue weighted by molar-refractivity contribution is 0.330. The summed E-state index contributed by atoms with van der Waals surface area (Å²) in [5.74, 6) is 2.72. The van der Waals surface area contributed by atoms with E-state index in [2.05, 4.69) is 54.7 Å². The maximum absolute atomic E-state index is 4.58. The molecule has 3 aromatic heterocycles. The van der Waals surface area contributed by atoms with E-state index in [1.165, 1.54) is 37.0 Å². The molecule has 9 heteroatoms. The predicted octanol–water partition coefficient (Wildman–Crippen LogP) is 4.51. The van der Waals surface area contributed by atoms with Crippen LogP contribution in [0.5, 0.6) is 0 Å². The van der Waals surface area contributed by atoms with Crippen molar-refractivity contribution in [1.29, 1.82) is 0 Å². The van der Waals surface area contributed by atoms with Crippen molar-refractivity contribution >= 4 is 23.1 Å². The Bertz CT molecular complexity index is 850. The molecule has 0 aliphatic heterocycles. The van der Waals surface area contributed by atoms with Crippen molar-refractivity contribution < 1.29 is 0 Å². The molecule has 0 bridgehead atoms. The van der Waals surface area contributed by atoms with Crippen LogP contribution in [0.15, 0.2) is 22.7 Å². The van der Waals surface area contributed by atoms with E-state index in [4.69, 9.17) is 0 Å². The molecule has 1 fully saturated rings. The molecule has 0 aromatic carbocycles. The number of tetrazole rings is 1. The lowest BCUT2D eigenvalue weighted by Gasteiger charge is -2.25. The van der Waals surface area contributed by atoms with Crippen LogP contribution in [-0.2, 0) is 18.7 Å². The van der Waals surface area contributed by atoms with Crippen molar-refractivity contribution in [3.8, 4) is 0 Å². The second-order valence-electron chi connectivity index (χ2n) is 7.28. The Kier molecular flexibility index (Phi) is 6.74. The molecular weight excluding hydrogens is 390 g/mol. The fourth-order valence-electron chi connectivity index (χ4n) is 3.74. The number of unbranched alkanes of at least 4 members (excludes halogenated alkanes) is 1. The first-order valence-electron chi connectivity index (χ1n) is 10.2. The van der Waals surface area contributed by atoms with Gasteiger partial charge in [-0.3, -0.25) is 0 Å². The van der Waals surface area contributed by atoms with E-state index in [1.807, 2.05) is 4.68 Å². The first-order chi connectivity index (χ1) is 13.8. The van der Waals surface area contributed by atoms with Gasteiger partial charge in [-0.15, -0.1) is 26.6 Å². The highest BCUT2D eigenvalue weighted by atomic mass is 32.2. The third-order valence-electron chi connectivity index (χ3n) is 5.25. The number of thioether (sulfide) groups is 1. The van der Waals surface area contributed by atoms with E-state index in [-0.39, 0.29) is 0 Å². The van der Waals surface area contributed by atoms with Gasteiger partial charge in [-0.1, -0.05) is 50.4 Å². The number of hydrogen-bond donors (Lipinski definition) is 0. The topological polar surface area (TPSA) is 74.3 Å². The minimum atomic E-state index is 0.511. The van der Waals surface area contributed by atoms with Gasteiger partial charge in [0.15, 0.2) is 11.0 Å². The summed E-state index contributed by atoms with van der Waals surface area (Å²) in [5, 5.41) is 24.5. The molecule has 4 rings (SSSR count). The van der Waals surface area contributed by atoms with Crippen molar-refractivity contribution in [1.82, 2.24) is 35.0 Å². The maximum atomic E-state index is 4.58. The summed E-state index contributed by atoms with van der Waals surface area (Å²) in [6.45, 7) is 3.05. The van der Waals surface area contributed by atoms with Crippen LogP contribution in [0.25, 0.3) is 0 Å². The van der Waals surface area contributed by atoms with Gasteiger partial charge in [0.05, 0.1) is 5.75 Å². The van der Waals surface area contributed by atoms with Gasteiger partial charge in [0.25, 0.3) is 0 Å². The molecule has 1 saturated carbocycles. The minimum Gasteiger partial charge on any atom is -0.303 e. The first-order valence-corrected chi connectivity index (χ1v) is 12.1. The van der Waals surface area contributed by atoms with Crippen molar-refractivity contribution in [3.05, 3.63) is 34.0 Å². The van der Waals surface area contributed by atoms with Crippen LogP contribution < -0.4 is 0 Å². The van der Waals surface area contributed by atoms with Crippen molar-refractivity contribution in [2.24, 2.45) is 0 Å². The van der Waals surface area contributed by atoms with Crippen molar-refractivity contribution in [3.63, 3.8) is 0 Å². The fourth-order valence-corrected chi connectivity index (χ4v) is 5.40. The van der Waals surface area contributed by atoms with E-state index < -0.39 is 0 Å². The van der Waals surface area contributed by atoms with Crippen LogP contribution in [0.2, 0.25) is 0 Å². The average Bonchev–Trinajstić information content (AvgIpc) is 3.47. The monoisotopic (exact) mass is 417 g/mol. The summed E-state index contributed by atoms with van der Waals surface area (Å²) in [6.07, 6.45) is 9.44. The minimum absolute atomic E-state index is 0.511. The quantitative estimate of drug-likeness (QED) is 0.477. The maximum Gasteiger partial charge on any atom is 0.191 e. The van der Waals surface area contributed by atoms with Crippen LogP contribution in [0.3, 0.4) is 0 Å². The average molecular weight is 418 g/mol. The SMILES string of the molecule is CCCCn1nnnc1CSc1nnc(Cc2cccs2)n1C1CCCCC1.